The Morgan fingerprint density at radius 2 is 1.81 bits per heavy atom. The second kappa shape index (κ2) is 13.6. The first-order valence-corrected chi connectivity index (χ1v) is 14.7. The highest BCUT2D eigenvalue weighted by Gasteiger charge is 2.45. The summed E-state index contributed by atoms with van der Waals surface area (Å²) >= 11 is 0. The molecule has 9 nitrogen and oxygen atoms in total. The average Bonchev–Trinajstić information content (AvgIpc) is 2.97. The molecule has 0 bridgehead atoms. The van der Waals surface area contributed by atoms with E-state index in [1.54, 1.807) is 0 Å². The number of halogens is 3. The molecule has 1 atom stereocenters. The van der Waals surface area contributed by atoms with Gasteiger partial charge < -0.3 is 20.4 Å². The van der Waals surface area contributed by atoms with Gasteiger partial charge in [0, 0.05) is 25.8 Å². The predicted molar refractivity (Wildman–Crippen MR) is 153 cm³/mol. The van der Waals surface area contributed by atoms with Crippen molar-refractivity contribution in [3.05, 3.63) is 65.0 Å². The summed E-state index contributed by atoms with van der Waals surface area (Å²) in [5, 5.41) is 5.94. The van der Waals surface area contributed by atoms with Crippen molar-refractivity contribution in [3.8, 4) is 0 Å². The number of carbonyl (C=O) groups excluding carboxylic acids is 4. The van der Waals surface area contributed by atoms with E-state index in [0.29, 0.717) is 32.1 Å². The van der Waals surface area contributed by atoms with E-state index in [2.05, 4.69) is 15.6 Å². The molecule has 1 fully saturated rings. The maximum Gasteiger partial charge on any atom is 0.433 e. The number of nitrogens with one attached hydrogen (secondary N) is 2. The minimum atomic E-state index is -4.65. The molecular weight excluding hydrogens is 563 g/mol. The van der Waals surface area contributed by atoms with Gasteiger partial charge in [-0.2, -0.15) is 13.2 Å². The van der Waals surface area contributed by atoms with Crippen molar-refractivity contribution in [1.82, 2.24) is 25.4 Å². The van der Waals surface area contributed by atoms with E-state index >= 15 is 0 Å². The van der Waals surface area contributed by atoms with Gasteiger partial charge in [-0.15, -0.1) is 0 Å². The SMILES string of the molecule is CC(C)CCN1CC(=O)NC2(CCCc3ccccc32)C(=O)NCCCCN(C(=O)c2ccc(C(F)(F)F)nc2)CC1=O. The second-order valence-corrected chi connectivity index (χ2v) is 11.6. The van der Waals surface area contributed by atoms with E-state index in [0.717, 1.165) is 35.9 Å². The standard InChI is InChI=1S/C31H38F3N5O4/c1-21(2)13-17-38-19-26(40)37-30(14-7-9-22-8-3-4-10-24(22)30)29(43)35-15-5-6-16-39(20-27(38)41)28(42)23-11-12-25(36-18-23)31(32,33)34/h3-4,8,10-12,18,21H,5-7,9,13-17,19-20H2,1-2H3,(H,35,43)(H,37,40). The van der Waals surface area contributed by atoms with Gasteiger partial charge in [-0.25, -0.2) is 0 Å². The third-order valence-corrected chi connectivity index (χ3v) is 7.93. The number of alkyl halides is 3. The lowest BCUT2D eigenvalue weighted by molar-refractivity contribution is -0.141. The molecule has 1 unspecified atom stereocenters. The second-order valence-electron chi connectivity index (χ2n) is 11.6. The number of hydrogen-bond donors (Lipinski definition) is 2. The number of benzene rings is 1. The number of aryl methyl sites for hydroxylation is 1. The zero-order valence-corrected chi connectivity index (χ0v) is 24.5. The van der Waals surface area contributed by atoms with Crippen molar-refractivity contribution in [1.29, 1.82) is 0 Å². The Morgan fingerprint density at radius 1 is 1.05 bits per heavy atom. The number of nitrogens with zero attached hydrogens (tertiary/aromatic N) is 3. The molecule has 1 saturated heterocycles. The highest BCUT2D eigenvalue weighted by atomic mass is 19.4. The fourth-order valence-corrected chi connectivity index (χ4v) is 5.58. The molecule has 1 aliphatic heterocycles. The maximum absolute atomic E-state index is 13.7. The van der Waals surface area contributed by atoms with E-state index < -0.39 is 35.1 Å². The van der Waals surface area contributed by atoms with Crippen molar-refractivity contribution >= 4 is 23.6 Å². The number of amides is 4. The van der Waals surface area contributed by atoms with Crippen LogP contribution in [-0.4, -0.2) is 71.1 Å². The lowest BCUT2D eigenvalue weighted by Gasteiger charge is -2.39. The molecule has 12 heteroatoms. The van der Waals surface area contributed by atoms with Gasteiger partial charge in [-0.05, 0) is 67.7 Å². The Hall–Kier alpha value is -3.96. The van der Waals surface area contributed by atoms with Gasteiger partial charge in [-0.1, -0.05) is 38.1 Å². The number of rotatable bonds is 4. The lowest BCUT2D eigenvalue weighted by atomic mass is 9.75. The molecule has 43 heavy (non-hydrogen) atoms. The van der Waals surface area contributed by atoms with Crippen LogP contribution in [0.15, 0.2) is 42.6 Å². The Kier molecular flexibility index (Phi) is 10.1. The highest BCUT2D eigenvalue weighted by Crippen LogP contribution is 2.36. The van der Waals surface area contributed by atoms with Crippen LogP contribution in [0.4, 0.5) is 13.2 Å². The number of pyridine rings is 1. The molecule has 1 aromatic carbocycles. The Balaban J connectivity index is 1.61. The minimum absolute atomic E-state index is 0.0837. The zero-order valence-electron chi connectivity index (χ0n) is 24.5. The molecule has 0 saturated carbocycles. The van der Waals surface area contributed by atoms with Crippen LogP contribution in [0.1, 0.15) is 73.1 Å². The molecule has 2 heterocycles. The van der Waals surface area contributed by atoms with Gasteiger partial charge in [-0.3, -0.25) is 24.2 Å². The van der Waals surface area contributed by atoms with Crippen LogP contribution in [0.5, 0.6) is 0 Å². The molecule has 232 valence electrons. The topological polar surface area (TPSA) is 112 Å². The van der Waals surface area contributed by atoms with E-state index in [1.165, 1.54) is 9.80 Å². The minimum Gasteiger partial charge on any atom is -0.354 e. The van der Waals surface area contributed by atoms with Crippen molar-refractivity contribution < 1.29 is 32.3 Å². The summed E-state index contributed by atoms with van der Waals surface area (Å²) in [5.74, 6) is -1.71. The third-order valence-electron chi connectivity index (χ3n) is 7.93. The lowest BCUT2D eigenvalue weighted by Crippen LogP contribution is -2.60. The summed E-state index contributed by atoms with van der Waals surface area (Å²) in [5.41, 5.74) is -0.729. The van der Waals surface area contributed by atoms with Crippen molar-refractivity contribution in [2.45, 2.75) is 64.1 Å². The fourth-order valence-electron chi connectivity index (χ4n) is 5.58. The first-order chi connectivity index (χ1) is 20.4. The Bertz CT molecular complexity index is 1330. The number of fused-ring (bicyclic) bond motifs is 2. The number of aromatic nitrogens is 1. The molecular formula is C31H38F3N5O4. The van der Waals surface area contributed by atoms with Gasteiger partial charge in [0.1, 0.15) is 17.8 Å². The van der Waals surface area contributed by atoms with Crippen LogP contribution in [0.3, 0.4) is 0 Å². The summed E-state index contributed by atoms with van der Waals surface area (Å²) in [6.45, 7) is 3.96. The molecule has 4 rings (SSSR count). The zero-order chi connectivity index (χ0) is 31.2. The molecule has 0 radical (unpaired) electrons. The van der Waals surface area contributed by atoms with Crippen LogP contribution in [0, 0.1) is 5.92 Å². The molecule has 1 aliphatic carbocycles. The molecule has 2 aliphatic rings. The van der Waals surface area contributed by atoms with Gasteiger partial charge in [0.2, 0.25) is 17.7 Å². The summed E-state index contributed by atoms with van der Waals surface area (Å²) in [6.07, 6.45) is -0.383. The monoisotopic (exact) mass is 601 g/mol. The van der Waals surface area contributed by atoms with Crippen molar-refractivity contribution in [2.24, 2.45) is 5.92 Å². The fraction of sp³-hybridized carbons (Fsp3) is 0.516. The molecule has 2 aromatic rings. The number of hydrogen-bond acceptors (Lipinski definition) is 5. The van der Waals surface area contributed by atoms with E-state index in [-0.39, 0.29) is 50.1 Å². The number of carbonyl (C=O) groups is 4. The van der Waals surface area contributed by atoms with Crippen molar-refractivity contribution in [3.63, 3.8) is 0 Å². The summed E-state index contributed by atoms with van der Waals surface area (Å²) in [4.78, 5) is 60.3. The van der Waals surface area contributed by atoms with Gasteiger partial charge in [0.05, 0.1) is 12.1 Å². The van der Waals surface area contributed by atoms with Crippen LogP contribution < -0.4 is 10.6 Å². The van der Waals surface area contributed by atoms with Gasteiger partial charge in [0.15, 0.2) is 0 Å². The largest absolute Gasteiger partial charge is 0.433 e. The molecule has 1 aromatic heterocycles. The predicted octanol–water partition coefficient (Wildman–Crippen LogP) is 3.68. The quantitative estimate of drug-likeness (QED) is 0.556. The average molecular weight is 602 g/mol. The van der Waals surface area contributed by atoms with Crippen LogP contribution in [0.2, 0.25) is 0 Å². The third kappa shape index (κ3) is 7.71. The Morgan fingerprint density at radius 3 is 2.51 bits per heavy atom. The normalized spacial score (nSPS) is 20.8. The molecule has 4 amide bonds. The van der Waals surface area contributed by atoms with Crippen LogP contribution in [0.25, 0.3) is 0 Å². The van der Waals surface area contributed by atoms with Crippen LogP contribution >= 0.6 is 0 Å². The summed E-state index contributed by atoms with van der Waals surface area (Å²) in [6, 6.07) is 9.33. The summed E-state index contributed by atoms with van der Waals surface area (Å²) < 4.78 is 39.0. The summed E-state index contributed by atoms with van der Waals surface area (Å²) in [7, 11) is 0. The van der Waals surface area contributed by atoms with E-state index in [4.69, 9.17) is 0 Å². The van der Waals surface area contributed by atoms with E-state index in [1.807, 2.05) is 38.1 Å². The van der Waals surface area contributed by atoms with Gasteiger partial charge in [0.25, 0.3) is 5.91 Å². The van der Waals surface area contributed by atoms with E-state index in [9.17, 15) is 32.3 Å². The Labute approximate surface area is 249 Å². The molecule has 2 N–H and O–H groups in total. The first kappa shape index (κ1) is 32.0. The maximum atomic E-state index is 13.7. The highest BCUT2D eigenvalue weighted by molar-refractivity contribution is 5.97. The van der Waals surface area contributed by atoms with Gasteiger partial charge >= 0.3 is 6.18 Å². The molecule has 1 spiro atoms. The van der Waals surface area contributed by atoms with Crippen molar-refractivity contribution in [2.75, 3.05) is 32.7 Å². The first-order valence-electron chi connectivity index (χ1n) is 14.7. The smallest absolute Gasteiger partial charge is 0.354 e. The van der Waals surface area contributed by atoms with Crippen LogP contribution in [-0.2, 0) is 32.5 Å².